The van der Waals surface area contributed by atoms with Gasteiger partial charge in [0.15, 0.2) is 6.73 Å². The van der Waals surface area contributed by atoms with Crippen LogP contribution in [-0.2, 0) is 19.4 Å². The van der Waals surface area contributed by atoms with Crippen molar-refractivity contribution in [2.45, 2.75) is 32.2 Å². The number of aryl methyl sites for hydroxylation is 1. The summed E-state index contributed by atoms with van der Waals surface area (Å²) in [6, 6.07) is 8.09. The molecule has 6 heteroatoms. The lowest BCUT2D eigenvalue weighted by Gasteiger charge is -2.32. The smallest absolute Gasteiger partial charge is 0.339 e. The zero-order chi connectivity index (χ0) is 18.5. The number of ether oxygens (including phenoxy) is 1. The molecule has 4 nitrogen and oxygen atoms in total. The van der Waals surface area contributed by atoms with Gasteiger partial charge in [0.1, 0.15) is 17.1 Å². The Morgan fingerprint density at radius 3 is 2.56 bits per heavy atom. The van der Waals surface area contributed by atoms with Gasteiger partial charge < -0.3 is 14.1 Å². The van der Waals surface area contributed by atoms with Crippen molar-refractivity contribution in [3.05, 3.63) is 68.3 Å². The molecule has 0 atom stereocenters. The van der Waals surface area contributed by atoms with Crippen LogP contribution >= 0.6 is 11.6 Å². The van der Waals surface area contributed by atoms with Crippen molar-refractivity contribution in [3.63, 3.8) is 0 Å². The molecule has 0 bridgehead atoms. The highest BCUT2D eigenvalue weighted by atomic mass is 35.5. The van der Waals surface area contributed by atoms with E-state index in [1.54, 1.807) is 12.1 Å². The molecule has 1 aromatic heterocycles. The summed E-state index contributed by atoms with van der Waals surface area (Å²) >= 11 is 6.51. The van der Waals surface area contributed by atoms with E-state index in [4.69, 9.17) is 20.8 Å². The molecule has 2 aliphatic rings. The molecule has 5 rings (SSSR count). The number of anilines is 1. The van der Waals surface area contributed by atoms with E-state index in [1.807, 2.05) is 11.0 Å². The number of benzene rings is 2. The molecule has 0 saturated carbocycles. The van der Waals surface area contributed by atoms with Crippen LogP contribution in [0.5, 0.6) is 5.75 Å². The number of halogens is 2. The van der Waals surface area contributed by atoms with E-state index < -0.39 is 0 Å². The van der Waals surface area contributed by atoms with Gasteiger partial charge in [0.05, 0.1) is 17.1 Å². The van der Waals surface area contributed by atoms with Crippen LogP contribution in [0.2, 0.25) is 5.02 Å². The van der Waals surface area contributed by atoms with Crippen LogP contribution in [-0.4, -0.2) is 6.73 Å². The Morgan fingerprint density at radius 1 is 1.04 bits per heavy atom. The summed E-state index contributed by atoms with van der Waals surface area (Å²) < 4.78 is 24.9. The van der Waals surface area contributed by atoms with Crippen LogP contribution in [0.25, 0.3) is 11.0 Å². The molecule has 0 radical (unpaired) electrons. The number of rotatable bonds is 1. The first-order valence-electron chi connectivity index (χ1n) is 9.05. The fraction of sp³-hybridized carbons (Fsp3) is 0.286. The SMILES string of the molecule is O=c1oc2c3c(c(Cl)cc2c2c1CCCC2)OCN(c1ccc(F)cc1)C3. The Morgan fingerprint density at radius 2 is 1.78 bits per heavy atom. The standard InChI is InChI=1S/C21H17ClFNO3/c22-18-9-16-14-3-1-2-4-15(14)21(25)27-19(16)17-10-24(11-26-20(17)18)13-7-5-12(23)6-8-13/h5-9H,1-4,10-11H2. The summed E-state index contributed by atoms with van der Waals surface area (Å²) in [6.07, 6.45) is 3.66. The second-order valence-corrected chi connectivity index (χ2v) is 7.45. The zero-order valence-corrected chi connectivity index (χ0v) is 15.3. The lowest BCUT2D eigenvalue weighted by atomic mass is 9.90. The maximum Gasteiger partial charge on any atom is 0.339 e. The number of fused-ring (bicyclic) bond motifs is 5. The highest BCUT2D eigenvalue weighted by Gasteiger charge is 2.27. The van der Waals surface area contributed by atoms with Crippen molar-refractivity contribution in [3.8, 4) is 5.75 Å². The van der Waals surface area contributed by atoms with Gasteiger partial charge in [-0.1, -0.05) is 11.6 Å². The van der Waals surface area contributed by atoms with E-state index in [9.17, 15) is 9.18 Å². The minimum Gasteiger partial charge on any atom is -0.471 e. The summed E-state index contributed by atoms with van der Waals surface area (Å²) in [7, 11) is 0. The average molecular weight is 386 g/mol. The Hall–Kier alpha value is -2.53. The Bertz CT molecular complexity index is 1110. The van der Waals surface area contributed by atoms with Gasteiger partial charge in [0.2, 0.25) is 0 Å². The van der Waals surface area contributed by atoms with Crippen LogP contribution in [0.3, 0.4) is 0 Å². The maximum atomic E-state index is 13.2. The van der Waals surface area contributed by atoms with Crippen molar-refractivity contribution in [1.82, 2.24) is 0 Å². The third-order valence-corrected chi connectivity index (χ3v) is 5.70. The number of hydrogen-bond donors (Lipinski definition) is 0. The monoisotopic (exact) mass is 385 g/mol. The van der Waals surface area contributed by atoms with Crippen molar-refractivity contribution in [2.24, 2.45) is 0 Å². The van der Waals surface area contributed by atoms with Crippen molar-refractivity contribution >= 4 is 28.3 Å². The Labute approximate surface area is 160 Å². The third kappa shape index (κ3) is 2.69. The van der Waals surface area contributed by atoms with Gasteiger partial charge in [-0.3, -0.25) is 0 Å². The van der Waals surface area contributed by atoms with Crippen LogP contribution in [0, 0.1) is 5.82 Å². The van der Waals surface area contributed by atoms with Crippen LogP contribution in [0.1, 0.15) is 29.5 Å². The molecule has 0 N–H and O–H groups in total. The van der Waals surface area contributed by atoms with Gasteiger partial charge in [0, 0.05) is 16.6 Å². The minimum absolute atomic E-state index is 0.263. The normalized spacial score (nSPS) is 16.0. The zero-order valence-electron chi connectivity index (χ0n) is 14.6. The van der Waals surface area contributed by atoms with Crippen LogP contribution in [0.4, 0.5) is 10.1 Å². The van der Waals surface area contributed by atoms with Gasteiger partial charge in [0.25, 0.3) is 0 Å². The van der Waals surface area contributed by atoms with Crippen LogP contribution < -0.4 is 15.3 Å². The summed E-state index contributed by atoms with van der Waals surface area (Å²) in [4.78, 5) is 14.5. The molecule has 0 spiro atoms. The predicted octanol–water partition coefficient (Wildman–Crippen LogP) is 4.82. The second-order valence-electron chi connectivity index (χ2n) is 7.04. The molecule has 2 heterocycles. The van der Waals surface area contributed by atoms with Gasteiger partial charge in [-0.05, 0) is 61.6 Å². The molecule has 2 aromatic carbocycles. The van der Waals surface area contributed by atoms with E-state index >= 15 is 0 Å². The molecule has 1 aliphatic heterocycles. The maximum absolute atomic E-state index is 13.2. The van der Waals surface area contributed by atoms with E-state index in [1.165, 1.54) is 12.1 Å². The highest BCUT2D eigenvalue weighted by Crippen LogP contribution is 2.41. The summed E-state index contributed by atoms with van der Waals surface area (Å²) in [5.41, 5.74) is 3.70. The second kappa shape index (κ2) is 6.27. The first-order valence-corrected chi connectivity index (χ1v) is 9.43. The number of hydrogen-bond acceptors (Lipinski definition) is 4. The molecule has 138 valence electrons. The molecule has 0 fully saturated rings. The molecular formula is C21H17ClFNO3. The fourth-order valence-electron chi connectivity index (χ4n) is 4.09. The van der Waals surface area contributed by atoms with Gasteiger partial charge in [-0.25, -0.2) is 9.18 Å². The predicted molar refractivity (Wildman–Crippen MR) is 102 cm³/mol. The van der Waals surface area contributed by atoms with E-state index in [0.29, 0.717) is 29.6 Å². The van der Waals surface area contributed by atoms with Crippen molar-refractivity contribution < 1.29 is 13.5 Å². The Kier molecular flexibility index (Phi) is 3.86. The molecule has 0 saturated heterocycles. The van der Waals surface area contributed by atoms with Gasteiger partial charge >= 0.3 is 5.63 Å². The fourth-order valence-corrected chi connectivity index (χ4v) is 4.36. The molecule has 0 amide bonds. The topological polar surface area (TPSA) is 42.7 Å². The van der Waals surface area contributed by atoms with Gasteiger partial charge in [-0.15, -0.1) is 0 Å². The largest absolute Gasteiger partial charge is 0.471 e. The van der Waals surface area contributed by atoms with E-state index in [2.05, 4.69) is 0 Å². The Balaban J connectivity index is 1.68. The molecule has 1 aliphatic carbocycles. The third-order valence-electron chi connectivity index (χ3n) is 5.42. The van der Waals surface area contributed by atoms with Gasteiger partial charge in [-0.2, -0.15) is 0 Å². The first kappa shape index (κ1) is 16.6. The molecule has 0 unspecified atom stereocenters. The summed E-state index contributed by atoms with van der Waals surface area (Å²) in [5, 5.41) is 1.43. The quantitative estimate of drug-likeness (QED) is 0.563. The molecular weight excluding hydrogens is 369 g/mol. The molecule has 3 aromatic rings. The van der Waals surface area contributed by atoms with Crippen molar-refractivity contribution in [2.75, 3.05) is 11.6 Å². The average Bonchev–Trinajstić information content (AvgIpc) is 2.70. The van der Waals surface area contributed by atoms with Crippen LogP contribution in [0.15, 0.2) is 39.5 Å². The highest BCUT2D eigenvalue weighted by molar-refractivity contribution is 6.33. The lowest BCUT2D eigenvalue weighted by Crippen LogP contribution is -2.32. The molecule has 27 heavy (non-hydrogen) atoms. The number of nitrogens with zero attached hydrogens (tertiary/aromatic N) is 1. The van der Waals surface area contributed by atoms with E-state index in [0.717, 1.165) is 53.4 Å². The summed E-state index contributed by atoms with van der Waals surface area (Å²) in [5.74, 6) is 0.268. The first-order chi connectivity index (χ1) is 13.1. The minimum atomic E-state index is -0.289. The lowest BCUT2D eigenvalue weighted by molar-refractivity contribution is 0.289. The van der Waals surface area contributed by atoms with E-state index in [-0.39, 0.29) is 11.4 Å². The van der Waals surface area contributed by atoms with Crippen molar-refractivity contribution in [1.29, 1.82) is 0 Å². The summed E-state index contributed by atoms with van der Waals surface area (Å²) in [6.45, 7) is 0.763.